The summed E-state index contributed by atoms with van der Waals surface area (Å²) in [7, 11) is 1.47. The molecule has 2 amide bonds. The molecule has 0 aromatic carbocycles. The predicted molar refractivity (Wildman–Crippen MR) is 59.2 cm³/mol. The lowest BCUT2D eigenvalue weighted by molar-refractivity contribution is -0.137. The predicted octanol–water partition coefficient (Wildman–Crippen LogP) is -1.13. The van der Waals surface area contributed by atoms with Crippen molar-refractivity contribution in [3.05, 3.63) is 0 Å². The van der Waals surface area contributed by atoms with Gasteiger partial charge in [-0.1, -0.05) is 0 Å². The number of imide groups is 1. The summed E-state index contributed by atoms with van der Waals surface area (Å²) in [4.78, 5) is 24.1. The molecule has 0 radical (unpaired) electrons. The van der Waals surface area contributed by atoms with Crippen LogP contribution in [0.15, 0.2) is 0 Å². The summed E-state index contributed by atoms with van der Waals surface area (Å²) in [6, 6.07) is -0.510. The Bertz CT molecular complexity index is 346. The highest BCUT2D eigenvalue weighted by atomic mass is 16.5. The standard InChI is InChI=1S/C11H18N2O4/c1-7-11(16,3-4-17-7)6-12-8-5-9(14)13(2)10(8)15/h7-8,12,16H,3-6H2,1-2H3. The van der Waals surface area contributed by atoms with Gasteiger partial charge in [0, 0.05) is 26.6 Å². The molecule has 0 aromatic rings. The highest BCUT2D eigenvalue weighted by molar-refractivity contribution is 6.05. The maximum atomic E-state index is 11.6. The first-order valence-electron chi connectivity index (χ1n) is 5.82. The van der Waals surface area contributed by atoms with Gasteiger partial charge < -0.3 is 15.2 Å². The summed E-state index contributed by atoms with van der Waals surface area (Å²) < 4.78 is 5.30. The lowest BCUT2D eigenvalue weighted by Gasteiger charge is -2.27. The molecule has 0 aromatic heterocycles. The van der Waals surface area contributed by atoms with Crippen LogP contribution in [0.2, 0.25) is 0 Å². The van der Waals surface area contributed by atoms with E-state index in [-0.39, 0.29) is 30.9 Å². The molecule has 3 atom stereocenters. The fourth-order valence-electron chi connectivity index (χ4n) is 2.22. The molecule has 2 saturated heterocycles. The molecule has 0 spiro atoms. The number of rotatable bonds is 3. The van der Waals surface area contributed by atoms with Crippen molar-refractivity contribution in [3.8, 4) is 0 Å². The third kappa shape index (κ3) is 2.20. The van der Waals surface area contributed by atoms with Gasteiger partial charge in [-0.2, -0.15) is 0 Å². The third-order valence-electron chi connectivity index (χ3n) is 3.70. The Kier molecular flexibility index (Phi) is 3.20. The van der Waals surface area contributed by atoms with E-state index in [0.29, 0.717) is 13.0 Å². The van der Waals surface area contributed by atoms with E-state index in [1.807, 2.05) is 6.92 Å². The molecule has 2 heterocycles. The van der Waals surface area contributed by atoms with E-state index in [0.717, 1.165) is 4.90 Å². The van der Waals surface area contributed by atoms with Crippen LogP contribution in [0, 0.1) is 0 Å². The number of likely N-dealkylation sites (tertiary alicyclic amines) is 1. The molecule has 2 N–H and O–H groups in total. The molecule has 2 fully saturated rings. The zero-order chi connectivity index (χ0) is 12.6. The van der Waals surface area contributed by atoms with Gasteiger partial charge in [0.25, 0.3) is 0 Å². The van der Waals surface area contributed by atoms with Gasteiger partial charge in [0.15, 0.2) is 0 Å². The fraction of sp³-hybridized carbons (Fsp3) is 0.818. The number of ether oxygens (including phenoxy) is 1. The van der Waals surface area contributed by atoms with Crippen LogP contribution in [0.5, 0.6) is 0 Å². The van der Waals surface area contributed by atoms with Crippen LogP contribution in [0.1, 0.15) is 19.8 Å². The summed E-state index contributed by atoms with van der Waals surface area (Å²) in [5, 5.41) is 13.2. The Balaban J connectivity index is 1.91. The van der Waals surface area contributed by atoms with Crippen molar-refractivity contribution in [1.29, 1.82) is 0 Å². The summed E-state index contributed by atoms with van der Waals surface area (Å²) in [5.41, 5.74) is -0.940. The minimum Gasteiger partial charge on any atom is -0.386 e. The summed E-state index contributed by atoms with van der Waals surface area (Å²) >= 11 is 0. The molecule has 6 heteroatoms. The molecular weight excluding hydrogens is 224 g/mol. The van der Waals surface area contributed by atoms with Gasteiger partial charge in [-0.25, -0.2) is 0 Å². The zero-order valence-electron chi connectivity index (χ0n) is 10.1. The molecule has 96 valence electrons. The molecule has 2 aliphatic heterocycles. The third-order valence-corrected chi connectivity index (χ3v) is 3.70. The van der Waals surface area contributed by atoms with Crippen molar-refractivity contribution < 1.29 is 19.4 Å². The van der Waals surface area contributed by atoms with E-state index in [1.165, 1.54) is 7.05 Å². The minimum absolute atomic E-state index is 0.167. The van der Waals surface area contributed by atoms with E-state index < -0.39 is 11.6 Å². The van der Waals surface area contributed by atoms with Crippen LogP contribution < -0.4 is 5.32 Å². The van der Waals surface area contributed by atoms with Gasteiger partial charge in [-0.3, -0.25) is 14.5 Å². The summed E-state index contributed by atoms with van der Waals surface area (Å²) in [5.74, 6) is -0.416. The lowest BCUT2D eigenvalue weighted by Crippen LogP contribution is -2.50. The number of carbonyl (C=O) groups excluding carboxylic acids is 2. The second-order valence-corrected chi connectivity index (χ2v) is 4.80. The normalized spacial score (nSPS) is 38.2. The van der Waals surface area contributed by atoms with E-state index in [9.17, 15) is 14.7 Å². The molecule has 3 unspecified atom stereocenters. The average molecular weight is 242 g/mol. The van der Waals surface area contributed by atoms with Crippen molar-refractivity contribution in [1.82, 2.24) is 10.2 Å². The molecule has 0 aliphatic carbocycles. The minimum atomic E-state index is -0.940. The van der Waals surface area contributed by atoms with Crippen LogP contribution in [-0.4, -0.2) is 59.8 Å². The SMILES string of the molecule is CC1OCCC1(O)CNC1CC(=O)N(C)C1=O. The summed E-state index contributed by atoms with van der Waals surface area (Å²) in [6.45, 7) is 2.60. The highest BCUT2D eigenvalue weighted by Gasteiger charge is 2.42. The maximum absolute atomic E-state index is 11.6. The number of nitrogens with zero attached hydrogens (tertiary/aromatic N) is 1. The second-order valence-electron chi connectivity index (χ2n) is 4.80. The molecule has 2 rings (SSSR count). The van der Waals surface area contributed by atoms with Crippen molar-refractivity contribution in [2.24, 2.45) is 0 Å². The molecule has 6 nitrogen and oxygen atoms in total. The zero-order valence-corrected chi connectivity index (χ0v) is 10.1. The number of amides is 2. The van der Waals surface area contributed by atoms with Gasteiger partial charge in [0.1, 0.15) is 5.60 Å². The van der Waals surface area contributed by atoms with Gasteiger partial charge >= 0.3 is 0 Å². The number of hydrogen-bond acceptors (Lipinski definition) is 5. The molecule has 2 aliphatic rings. The largest absolute Gasteiger partial charge is 0.386 e. The van der Waals surface area contributed by atoms with Gasteiger partial charge in [0.05, 0.1) is 18.6 Å². The van der Waals surface area contributed by atoms with E-state index >= 15 is 0 Å². The smallest absolute Gasteiger partial charge is 0.246 e. The van der Waals surface area contributed by atoms with Gasteiger partial charge in [-0.05, 0) is 6.92 Å². The van der Waals surface area contributed by atoms with Gasteiger partial charge in [-0.15, -0.1) is 0 Å². The Morgan fingerprint density at radius 2 is 2.29 bits per heavy atom. The van der Waals surface area contributed by atoms with E-state index in [2.05, 4.69) is 5.32 Å². The lowest BCUT2D eigenvalue weighted by atomic mass is 9.96. The topological polar surface area (TPSA) is 78.9 Å². The van der Waals surface area contributed by atoms with Gasteiger partial charge in [0.2, 0.25) is 11.8 Å². The molecule has 0 saturated carbocycles. The van der Waals surface area contributed by atoms with Crippen LogP contribution in [-0.2, 0) is 14.3 Å². The van der Waals surface area contributed by atoms with Crippen LogP contribution in [0.4, 0.5) is 0 Å². The number of carbonyl (C=O) groups is 2. The van der Waals surface area contributed by atoms with Crippen LogP contribution in [0.3, 0.4) is 0 Å². The van der Waals surface area contributed by atoms with Crippen molar-refractivity contribution in [3.63, 3.8) is 0 Å². The first-order chi connectivity index (χ1) is 7.94. The number of likely N-dealkylation sites (N-methyl/N-ethyl adjacent to an activating group) is 1. The van der Waals surface area contributed by atoms with Crippen molar-refractivity contribution in [2.45, 2.75) is 37.5 Å². The average Bonchev–Trinajstić information content (AvgIpc) is 2.73. The van der Waals surface area contributed by atoms with Crippen molar-refractivity contribution >= 4 is 11.8 Å². The molecule has 0 bridgehead atoms. The first kappa shape index (κ1) is 12.5. The monoisotopic (exact) mass is 242 g/mol. The number of nitrogens with one attached hydrogen (secondary N) is 1. The first-order valence-corrected chi connectivity index (χ1v) is 5.82. The second kappa shape index (κ2) is 4.36. The molecule has 17 heavy (non-hydrogen) atoms. The van der Waals surface area contributed by atoms with Crippen LogP contribution in [0.25, 0.3) is 0 Å². The van der Waals surface area contributed by atoms with Crippen molar-refractivity contribution in [2.75, 3.05) is 20.2 Å². The Morgan fingerprint density at radius 1 is 1.59 bits per heavy atom. The quantitative estimate of drug-likeness (QED) is 0.612. The Labute approximate surface area is 99.9 Å². The number of aliphatic hydroxyl groups is 1. The van der Waals surface area contributed by atoms with E-state index in [1.54, 1.807) is 0 Å². The molecular formula is C11H18N2O4. The Morgan fingerprint density at radius 3 is 2.76 bits per heavy atom. The number of hydrogen-bond donors (Lipinski definition) is 2. The Hall–Kier alpha value is -0.980. The highest BCUT2D eigenvalue weighted by Crippen LogP contribution is 2.25. The summed E-state index contributed by atoms with van der Waals surface area (Å²) in [6.07, 6.45) is 0.465. The van der Waals surface area contributed by atoms with E-state index in [4.69, 9.17) is 4.74 Å². The fourth-order valence-corrected chi connectivity index (χ4v) is 2.22. The van der Waals surface area contributed by atoms with Crippen LogP contribution >= 0.6 is 0 Å². The maximum Gasteiger partial charge on any atom is 0.246 e.